The molecule has 0 atom stereocenters. The molecule has 0 saturated carbocycles. The summed E-state index contributed by atoms with van der Waals surface area (Å²) in [4.78, 5) is 12.3. The predicted octanol–water partition coefficient (Wildman–Crippen LogP) is 2.03. The molecule has 25 heavy (non-hydrogen) atoms. The van der Waals surface area contributed by atoms with E-state index in [4.69, 9.17) is 19.3 Å². The Bertz CT molecular complexity index is 636. The molecule has 2 rings (SSSR count). The van der Waals surface area contributed by atoms with E-state index in [0.717, 1.165) is 0 Å². The zero-order valence-corrected chi connectivity index (χ0v) is 13.9. The Balaban J connectivity index is 1.72. The summed E-state index contributed by atoms with van der Waals surface area (Å²) in [7, 11) is 0. The van der Waals surface area contributed by atoms with Crippen LogP contribution in [0.4, 0.5) is 0 Å². The van der Waals surface area contributed by atoms with Gasteiger partial charge in [0.15, 0.2) is 5.78 Å². The maximum atomic E-state index is 12.3. The summed E-state index contributed by atoms with van der Waals surface area (Å²) in [6.07, 6.45) is 0. The van der Waals surface area contributed by atoms with Gasteiger partial charge in [0, 0.05) is 11.1 Å². The fourth-order valence-electron chi connectivity index (χ4n) is 2.09. The predicted molar refractivity (Wildman–Crippen MR) is 92.2 cm³/mol. The lowest BCUT2D eigenvalue weighted by Gasteiger charge is -2.08. The highest BCUT2D eigenvalue weighted by atomic mass is 16.5. The molecule has 0 aliphatic rings. The first-order valence-corrected chi connectivity index (χ1v) is 8.03. The van der Waals surface area contributed by atoms with E-state index in [9.17, 15) is 9.90 Å². The molecule has 6 nitrogen and oxygen atoms in total. The van der Waals surface area contributed by atoms with Crippen LogP contribution in [0, 0.1) is 0 Å². The van der Waals surface area contributed by atoms with Crippen molar-refractivity contribution in [3.8, 4) is 11.5 Å². The number of phenols is 1. The summed E-state index contributed by atoms with van der Waals surface area (Å²) in [6, 6.07) is 13.0. The third-order valence-corrected chi connectivity index (χ3v) is 3.35. The molecule has 0 radical (unpaired) electrons. The number of carbonyl (C=O) groups excluding carboxylic acids is 1. The average molecular weight is 346 g/mol. The van der Waals surface area contributed by atoms with Gasteiger partial charge in [0.25, 0.3) is 0 Å². The summed E-state index contributed by atoms with van der Waals surface area (Å²) >= 11 is 0. The molecule has 0 fully saturated rings. The van der Waals surface area contributed by atoms with Crippen LogP contribution in [0.1, 0.15) is 15.9 Å². The summed E-state index contributed by atoms with van der Waals surface area (Å²) in [6.45, 7) is 2.03. The number of benzene rings is 2. The smallest absolute Gasteiger partial charge is 0.193 e. The molecule has 2 aromatic rings. The molecular formula is C19H22O6. The van der Waals surface area contributed by atoms with E-state index in [1.165, 1.54) is 12.1 Å². The normalized spacial score (nSPS) is 10.6. The first-order valence-electron chi connectivity index (χ1n) is 8.03. The largest absolute Gasteiger partial charge is 0.508 e. The molecule has 0 aromatic heterocycles. The second-order valence-electron chi connectivity index (χ2n) is 5.20. The summed E-state index contributed by atoms with van der Waals surface area (Å²) in [5, 5.41) is 17.8. The Morgan fingerprint density at radius 2 is 1.28 bits per heavy atom. The van der Waals surface area contributed by atoms with Gasteiger partial charge in [0.1, 0.15) is 18.1 Å². The van der Waals surface area contributed by atoms with E-state index >= 15 is 0 Å². The van der Waals surface area contributed by atoms with Gasteiger partial charge >= 0.3 is 0 Å². The highest BCUT2D eigenvalue weighted by molar-refractivity contribution is 6.09. The standard InChI is InChI=1S/C19H22O6/c20-9-10-23-11-12-24-13-14-25-18-7-3-16(4-8-18)19(22)15-1-5-17(21)6-2-15/h1-8,20-21H,9-14H2. The molecule has 2 aromatic carbocycles. The van der Waals surface area contributed by atoms with Crippen LogP contribution >= 0.6 is 0 Å². The molecule has 0 spiro atoms. The van der Waals surface area contributed by atoms with Crippen molar-refractivity contribution in [1.29, 1.82) is 0 Å². The van der Waals surface area contributed by atoms with Crippen molar-refractivity contribution in [3.05, 3.63) is 59.7 Å². The third kappa shape index (κ3) is 6.54. The van der Waals surface area contributed by atoms with Crippen molar-refractivity contribution in [3.63, 3.8) is 0 Å². The molecule has 2 N–H and O–H groups in total. The summed E-state index contributed by atoms with van der Waals surface area (Å²) in [5.41, 5.74) is 1.07. The zero-order valence-electron chi connectivity index (χ0n) is 13.9. The van der Waals surface area contributed by atoms with Gasteiger partial charge in [0.2, 0.25) is 0 Å². The summed E-state index contributed by atoms with van der Waals surface area (Å²) < 4.78 is 15.9. The molecule has 0 bridgehead atoms. The number of rotatable bonds is 11. The van der Waals surface area contributed by atoms with Gasteiger partial charge in [-0.3, -0.25) is 4.79 Å². The first-order chi connectivity index (χ1) is 12.2. The Morgan fingerprint density at radius 1 is 0.760 bits per heavy atom. The third-order valence-electron chi connectivity index (χ3n) is 3.35. The van der Waals surface area contributed by atoms with E-state index in [1.807, 2.05) is 0 Å². The van der Waals surface area contributed by atoms with Gasteiger partial charge in [-0.25, -0.2) is 0 Å². The Morgan fingerprint density at radius 3 is 1.88 bits per heavy atom. The molecule has 6 heteroatoms. The highest BCUT2D eigenvalue weighted by Crippen LogP contribution is 2.17. The van der Waals surface area contributed by atoms with Gasteiger partial charge in [-0.1, -0.05) is 0 Å². The number of aliphatic hydroxyl groups excluding tert-OH is 1. The minimum absolute atomic E-state index is 0.00829. The SMILES string of the molecule is O=C(c1ccc(O)cc1)c1ccc(OCCOCCOCCO)cc1. The fourth-order valence-corrected chi connectivity index (χ4v) is 2.09. The molecule has 0 amide bonds. The maximum absolute atomic E-state index is 12.3. The number of hydrogen-bond acceptors (Lipinski definition) is 6. The number of aromatic hydroxyl groups is 1. The number of phenolic OH excluding ortho intramolecular Hbond substituents is 1. The lowest BCUT2D eigenvalue weighted by atomic mass is 10.0. The van der Waals surface area contributed by atoms with E-state index in [0.29, 0.717) is 49.9 Å². The lowest BCUT2D eigenvalue weighted by Crippen LogP contribution is -2.12. The van der Waals surface area contributed by atoms with E-state index in [-0.39, 0.29) is 18.1 Å². The van der Waals surface area contributed by atoms with Crippen LogP contribution in [0.3, 0.4) is 0 Å². The van der Waals surface area contributed by atoms with Crippen LogP contribution in [-0.2, 0) is 9.47 Å². The number of aliphatic hydroxyl groups is 1. The first kappa shape index (κ1) is 18.9. The number of carbonyl (C=O) groups is 1. The Labute approximate surface area is 146 Å². The monoisotopic (exact) mass is 346 g/mol. The van der Waals surface area contributed by atoms with Gasteiger partial charge in [0.05, 0.1) is 33.0 Å². The van der Waals surface area contributed by atoms with Gasteiger partial charge < -0.3 is 24.4 Å². The molecule has 0 saturated heterocycles. The molecule has 134 valence electrons. The van der Waals surface area contributed by atoms with Crippen LogP contribution in [0.15, 0.2) is 48.5 Å². The van der Waals surface area contributed by atoms with Crippen LogP contribution in [-0.4, -0.2) is 55.6 Å². The summed E-state index contributed by atoms with van der Waals surface area (Å²) in [5.74, 6) is 0.669. The second-order valence-corrected chi connectivity index (χ2v) is 5.20. The molecule has 0 heterocycles. The average Bonchev–Trinajstić information content (AvgIpc) is 2.64. The van der Waals surface area contributed by atoms with Gasteiger partial charge in [-0.05, 0) is 48.5 Å². The van der Waals surface area contributed by atoms with Crippen molar-refractivity contribution >= 4 is 5.78 Å². The topological polar surface area (TPSA) is 85.2 Å². The van der Waals surface area contributed by atoms with E-state index in [1.54, 1.807) is 36.4 Å². The van der Waals surface area contributed by atoms with Gasteiger partial charge in [-0.15, -0.1) is 0 Å². The number of hydrogen-bond donors (Lipinski definition) is 2. The van der Waals surface area contributed by atoms with Crippen molar-refractivity contribution in [1.82, 2.24) is 0 Å². The van der Waals surface area contributed by atoms with Crippen LogP contribution in [0.2, 0.25) is 0 Å². The minimum atomic E-state index is -0.113. The molecule has 0 unspecified atom stereocenters. The van der Waals surface area contributed by atoms with Crippen molar-refractivity contribution in [2.75, 3.05) is 39.6 Å². The van der Waals surface area contributed by atoms with Crippen LogP contribution < -0.4 is 4.74 Å². The number of ether oxygens (including phenoxy) is 3. The lowest BCUT2D eigenvalue weighted by molar-refractivity contribution is 0.0247. The van der Waals surface area contributed by atoms with Crippen LogP contribution in [0.5, 0.6) is 11.5 Å². The molecular weight excluding hydrogens is 324 g/mol. The zero-order chi connectivity index (χ0) is 17.9. The maximum Gasteiger partial charge on any atom is 0.193 e. The molecule has 0 aliphatic heterocycles. The fraction of sp³-hybridized carbons (Fsp3) is 0.316. The Kier molecular flexibility index (Phi) is 7.91. The highest BCUT2D eigenvalue weighted by Gasteiger charge is 2.09. The minimum Gasteiger partial charge on any atom is -0.508 e. The quantitative estimate of drug-likeness (QED) is 0.478. The number of ketones is 1. The van der Waals surface area contributed by atoms with Crippen LogP contribution in [0.25, 0.3) is 0 Å². The van der Waals surface area contributed by atoms with E-state index in [2.05, 4.69) is 0 Å². The van der Waals surface area contributed by atoms with Crippen molar-refractivity contribution < 1.29 is 29.2 Å². The van der Waals surface area contributed by atoms with Crippen molar-refractivity contribution in [2.24, 2.45) is 0 Å². The van der Waals surface area contributed by atoms with E-state index < -0.39 is 0 Å². The van der Waals surface area contributed by atoms with Crippen molar-refractivity contribution in [2.45, 2.75) is 0 Å². The molecule has 0 aliphatic carbocycles. The second kappa shape index (κ2) is 10.5. The van der Waals surface area contributed by atoms with Gasteiger partial charge in [-0.2, -0.15) is 0 Å². The Hall–Kier alpha value is -2.41.